The molecule has 3 N–H and O–H groups in total. The van der Waals surface area contributed by atoms with E-state index in [9.17, 15) is 14.4 Å². The van der Waals surface area contributed by atoms with E-state index in [0.717, 1.165) is 25.7 Å². The third-order valence-corrected chi connectivity index (χ3v) is 7.25. The third-order valence-electron chi connectivity index (χ3n) is 5.94. The molecule has 0 saturated heterocycles. The van der Waals surface area contributed by atoms with Gasteiger partial charge < -0.3 is 5.32 Å². The Bertz CT molecular complexity index is 722. The normalized spacial score (nSPS) is 34.3. The van der Waals surface area contributed by atoms with Crippen LogP contribution in [-0.2, 0) is 9.59 Å². The van der Waals surface area contributed by atoms with Gasteiger partial charge in [-0.05, 0) is 61.8 Å². The Morgan fingerprint density at radius 1 is 1.15 bits per heavy atom. The number of alkyl halides is 1. The number of nitrogens with one attached hydrogen (secondary N) is 3. The molecule has 140 valence electrons. The van der Waals surface area contributed by atoms with Crippen LogP contribution in [0.25, 0.3) is 0 Å². The summed E-state index contributed by atoms with van der Waals surface area (Å²) in [5.41, 5.74) is 4.26. The first kappa shape index (κ1) is 17.8. The van der Waals surface area contributed by atoms with Crippen LogP contribution in [0, 0.1) is 17.3 Å². The van der Waals surface area contributed by atoms with Crippen molar-refractivity contribution in [3.05, 3.63) is 22.4 Å². The zero-order valence-electron chi connectivity index (χ0n) is 14.3. The molecule has 4 aliphatic carbocycles. The molecule has 0 aromatic carbocycles. The number of thiophene rings is 1. The highest BCUT2D eigenvalue weighted by Gasteiger charge is 2.60. The molecule has 1 heterocycles. The van der Waals surface area contributed by atoms with Gasteiger partial charge in [-0.1, -0.05) is 6.07 Å². The molecule has 8 heteroatoms. The van der Waals surface area contributed by atoms with Gasteiger partial charge in [0.25, 0.3) is 11.8 Å². The summed E-state index contributed by atoms with van der Waals surface area (Å²) < 4.78 is 0. The fraction of sp³-hybridized carbons (Fsp3) is 0.611. The van der Waals surface area contributed by atoms with E-state index in [-0.39, 0.29) is 23.2 Å². The maximum absolute atomic E-state index is 12.8. The van der Waals surface area contributed by atoms with Crippen LogP contribution in [0.5, 0.6) is 0 Å². The van der Waals surface area contributed by atoms with E-state index in [2.05, 4.69) is 16.2 Å². The van der Waals surface area contributed by atoms with Crippen LogP contribution in [0.15, 0.2) is 17.5 Å². The minimum atomic E-state index is -0.450. The highest BCUT2D eigenvalue weighted by atomic mass is 35.5. The number of carbonyl (C=O) groups excluding carboxylic acids is 3. The molecule has 4 atom stereocenters. The summed E-state index contributed by atoms with van der Waals surface area (Å²) in [4.78, 5) is 36.8. The molecule has 5 rings (SSSR count). The Morgan fingerprint density at radius 3 is 2.50 bits per heavy atom. The van der Waals surface area contributed by atoms with E-state index in [1.54, 1.807) is 17.5 Å². The summed E-state index contributed by atoms with van der Waals surface area (Å²) in [6.07, 6.45) is 5.65. The van der Waals surface area contributed by atoms with Gasteiger partial charge in [-0.25, -0.2) is 0 Å². The lowest BCUT2D eigenvalue weighted by molar-refractivity contribution is -0.145. The van der Waals surface area contributed by atoms with Crippen molar-refractivity contribution in [2.45, 2.75) is 43.4 Å². The Balaban J connectivity index is 1.29. The first-order valence-electron chi connectivity index (χ1n) is 8.97. The van der Waals surface area contributed by atoms with Crippen LogP contribution in [0.4, 0.5) is 0 Å². The van der Waals surface area contributed by atoms with Crippen molar-refractivity contribution in [2.75, 3.05) is 6.54 Å². The number of rotatable bonds is 4. The van der Waals surface area contributed by atoms with Crippen LogP contribution < -0.4 is 16.2 Å². The topological polar surface area (TPSA) is 87.3 Å². The van der Waals surface area contributed by atoms with Crippen LogP contribution >= 0.6 is 22.9 Å². The Kier molecular flexibility index (Phi) is 4.47. The summed E-state index contributed by atoms with van der Waals surface area (Å²) in [6.45, 7) is -0.157. The largest absolute Gasteiger partial charge is 0.346 e. The minimum absolute atomic E-state index is 0.0728. The van der Waals surface area contributed by atoms with Crippen molar-refractivity contribution in [2.24, 2.45) is 17.3 Å². The van der Waals surface area contributed by atoms with Gasteiger partial charge in [0, 0.05) is 4.87 Å². The van der Waals surface area contributed by atoms with Crippen molar-refractivity contribution in [3.63, 3.8) is 0 Å². The standard InChI is InChI=1S/C18H22ClN3O3S/c19-18-7-11-4-12(8-18)6-17(5-11,10-18)16(25)20-9-14(23)21-22-15(24)13-2-1-3-26-13/h1-3,11-12H,4-10H2,(H,20,25)(H,21,23)(H,22,24)/t11-,12+,17?,18?. The Hall–Kier alpha value is -1.60. The Morgan fingerprint density at radius 2 is 1.88 bits per heavy atom. The molecule has 1 aromatic heterocycles. The molecule has 3 amide bonds. The SMILES string of the molecule is O=C(CNC(=O)C12C[C@@H]3C[C@@H](CC(Cl)(C3)C1)C2)NNC(=O)c1cccs1. The monoisotopic (exact) mass is 395 g/mol. The second-order valence-electron chi connectivity index (χ2n) is 8.05. The minimum Gasteiger partial charge on any atom is -0.346 e. The maximum Gasteiger partial charge on any atom is 0.279 e. The molecular formula is C18H22ClN3O3S. The van der Waals surface area contributed by atoms with E-state index in [4.69, 9.17) is 11.6 Å². The molecule has 4 bridgehead atoms. The molecule has 4 fully saturated rings. The summed E-state index contributed by atoms with van der Waals surface area (Å²) in [6, 6.07) is 3.43. The van der Waals surface area contributed by atoms with Gasteiger partial charge >= 0.3 is 0 Å². The summed E-state index contributed by atoms with van der Waals surface area (Å²) >= 11 is 8.04. The zero-order chi connectivity index (χ0) is 18.4. The van der Waals surface area contributed by atoms with Gasteiger partial charge in [0.15, 0.2) is 0 Å². The highest BCUT2D eigenvalue weighted by molar-refractivity contribution is 7.12. The van der Waals surface area contributed by atoms with Crippen LogP contribution in [-0.4, -0.2) is 29.1 Å². The average Bonchev–Trinajstić information content (AvgIpc) is 3.09. The van der Waals surface area contributed by atoms with Crippen molar-refractivity contribution in [1.82, 2.24) is 16.2 Å². The molecule has 26 heavy (non-hydrogen) atoms. The number of hydrogen-bond donors (Lipinski definition) is 3. The third kappa shape index (κ3) is 3.34. The van der Waals surface area contributed by atoms with E-state index in [1.165, 1.54) is 17.8 Å². The fourth-order valence-electron chi connectivity index (χ4n) is 5.40. The zero-order valence-corrected chi connectivity index (χ0v) is 15.9. The predicted octanol–water partition coefficient (Wildman–Crippen LogP) is 2.20. The van der Waals surface area contributed by atoms with Crippen LogP contribution in [0.3, 0.4) is 0 Å². The lowest BCUT2D eigenvalue weighted by Crippen LogP contribution is -2.59. The van der Waals surface area contributed by atoms with E-state index < -0.39 is 11.3 Å². The molecule has 0 aliphatic heterocycles. The molecule has 0 spiro atoms. The smallest absolute Gasteiger partial charge is 0.279 e. The van der Waals surface area contributed by atoms with Crippen molar-refractivity contribution in [1.29, 1.82) is 0 Å². The fourth-order valence-corrected chi connectivity index (χ4v) is 6.72. The number of amides is 3. The molecular weight excluding hydrogens is 374 g/mol. The van der Waals surface area contributed by atoms with Gasteiger partial charge in [-0.3, -0.25) is 25.2 Å². The molecule has 6 nitrogen and oxygen atoms in total. The van der Waals surface area contributed by atoms with E-state index in [1.807, 2.05) is 0 Å². The van der Waals surface area contributed by atoms with Gasteiger partial charge in [-0.2, -0.15) is 0 Å². The predicted molar refractivity (Wildman–Crippen MR) is 98.6 cm³/mol. The van der Waals surface area contributed by atoms with Crippen molar-refractivity contribution < 1.29 is 14.4 Å². The molecule has 0 radical (unpaired) electrons. The second-order valence-corrected chi connectivity index (χ2v) is 9.80. The molecule has 4 saturated carbocycles. The second kappa shape index (κ2) is 6.53. The number of carbonyl (C=O) groups is 3. The number of hydrogen-bond acceptors (Lipinski definition) is 4. The van der Waals surface area contributed by atoms with Crippen molar-refractivity contribution in [3.8, 4) is 0 Å². The summed E-state index contributed by atoms with van der Waals surface area (Å²) in [5.74, 6) is 0.159. The van der Waals surface area contributed by atoms with Crippen LogP contribution in [0.1, 0.15) is 48.2 Å². The first-order valence-corrected chi connectivity index (χ1v) is 10.2. The molecule has 1 aromatic rings. The molecule has 4 aliphatic rings. The van der Waals surface area contributed by atoms with E-state index in [0.29, 0.717) is 23.1 Å². The number of hydrazine groups is 1. The quantitative estimate of drug-likeness (QED) is 0.539. The van der Waals surface area contributed by atoms with Crippen LogP contribution in [0.2, 0.25) is 0 Å². The van der Waals surface area contributed by atoms with E-state index >= 15 is 0 Å². The average molecular weight is 396 g/mol. The Labute approximate surface area is 161 Å². The number of halogens is 1. The summed E-state index contributed by atoms with van der Waals surface area (Å²) in [5, 5.41) is 4.54. The lowest BCUT2D eigenvalue weighted by atomic mass is 9.49. The van der Waals surface area contributed by atoms with Gasteiger partial charge in [0.1, 0.15) is 0 Å². The lowest BCUT2D eigenvalue weighted by Gasteiger charge is -2.59. The van der Waals surface area contributed by atoms with Crippen molar-refractivity contribution >= 4 is 40.7 Å². The highest BCUT2D eigenvalue weighted by Crippen LogP contribution is 2.63. The summed E-state index contributed by atoms with van der Waals surface area (Å²) in [7, 11) is 0. The van der Waals surface area contributed by atoms with Gasteiger partial charge in [0.2, 0.25) is 5.91 Å². The first-order chi connectivity index (χ1) is 12.4. The van der Waals surface area contributed by atoms with Gasteiger partial charge in [-0.15, -0.1) is 22.9 Å². The van der Waals surface area contributed by atoms with Gasteiger partial charge in [0.05, 0.1) is 16.8 Å². The maximum atomic E-state index is 12.8. The molecule has 2 unspecified atom stereocenters.